The molecular formula is C14H21N3O. The molecule has 0 amide bonds. The highest BCUT2D eigenvalue weighted by molar-refractivity contribution is 5.18. The van der Waals surface area contributed by atoms with Gasteiger partial charge in [-0.3, -0.25) is 0 Å². The molecule has 98 valence electrons. The molecule has 4 fully saturated rings. The van der Waals surface area contributed by atoms with Crippen LogP contribution in [-0.4, -0.2) is 19.9 Å². The van der Waals surface area contributed by atoms with Crippen LogP contribution in [0.1, 0.15) is 50.2 Å². The molecular weight excluding hydrogens is 226 g/mol. The van der Waals surface area contributed by atoms with E-state index in [9.17, 15) is 5.11 Å². The number of aliphatic hydroxyl groups excluding tert-OH is 1. The van der Waals surface area contributed by atoms with E-state index in [1.165, 1.54) is 38.5 Å². The van der Waals surface area contributed by atoms with Gasteiger partial charge in [0.1, 0.15) is 12.4 Å². The monoisotopic (exact) mass is 247 g/mol. The molecule has 4 aliphatic carbocycles. The second-order valence-corrected chi connectivity index (χ2v) is 6.85. The molecule has 1 aromatic rings. The van der Waals surface area contributed by atoms with Crippen molar-refractivity contribution in [2.24, 2.45) is 24.8 Å². The first-order valence-electron chi connectivity index (χ1n) is 7.20. The first-order valence-corrected chi connectivity index (χ1v) is 7.20. The van der Waals surface area contributed by atoms with Crippen LogP contribution in [0.3, 0.4) is 0 Å². The molecule has 0 saturated heterocycles. The lowest BCUT2D eigenvalue weighted by Crippen LogP contribution is -2.49. The third kappa shape index (κ3) is 1.35. The summed E-state index contributed by atoms with van der Waals surface area (Å²) in [6.45, 7) is -0.00410. The van der Waals surface area contributed by atoms with Gasteiger partial charge in [-0.1, -0.05) is 0 Å². The lowest BCUT2D eigenvalue weighted by atomic mass is 9.49. The first-order chi connectivity index (χ1) is 8.70. The van der Waals surface area contributed by atoms with E-state index in [2.05, 4.69) is 10.2 Å². The third-order valence-corrected chi connectivity index (χ3v) is 5.62. The van der Waals surface area contributed by atoms with Crippen LogP contribution >= 0.6 is 0 Å². The minimum Gasteiger partial charge on any atom is -0.388 e. The Hall–Kier alpha value is -0.900. The van der Waals surface area contributed by atoms with Crippen molar-refractivity contribution in [1.82, 2.24) is 14.8 Å². The molecule has 1 heterocycles. The predicted octanol–water partition coefficient (Wildman–Crippen LogP) is 1.78. The zero-order valence-corrected chi connectivity index (χ0v) is 11.0. The van der Waals surface area contributed by atoms with Crippen molar-refractivity contribution >= 4 is 0 Å². The third-order valence-electron chi connectivity index (χ3n) is 5.62. The molecule has 4 saturated carbocycles. The smallest absolute Gasteiger partial charge is 0.158 e. The van der Waals surface area contributed by atoms with Gasteiger partial charge in [0.25, 0.3) is 0 Å². The Bertz CT molecular complexity index is 444. The fraction of sp³-hybridized carbons (Fsp3) is 0.857. The van der Waals surface area contributed by atoms with Crippen LogP contribution in [0.5, 0.6) is 0 Å². The molecule has 1 N–H and O–H groups in total. The molecule has 0 aromatic carbocycles. The van der Waals surface area contributed by atoms with Crippen LogP contribution in [0.15, 0.2) is 0 Å². The number of hydrogen-bond acceptors (Lipinski definition) is 3. The Morgan fingerprint density at radius 2 is 1.67 bits per heavy atom. The highest BCUT2D eigenvalue weighted by atomic mass is 16.3. The van der Waals surface area contributed by atoms with Gasteiger partial charge >= 0.3 is 0 Å². The fourth-order valence-electron chi connectivity index (χ4n) is 5.35. The molecule has 0 radical (unpaired) electrons. The van der Waals surface area contributed by atoms with Crippen molar-refractivity contribution in [1.29, 1.82) is 0 Å². The number of aliphatic hydroxyl groups is 1. The number of hydrogen-bond donors (Lipinski definition) is 1. The van der Waals surface area contributed by atoms with E-state index in [1.54, 1.807) is 0 Å². The van der Waals surface area contributed by atoms with Crippen LogP contribution in [0, 0.1) is 17.8 Å². The minimum absolute atomic E-state index is 0.00410. The van der Waals surface area contributed by atoms with Crippen LogP contribution in [0.2, 0.25) is 0 Å². The Morgan fingerprint density at radius 3 is 2.11 bits per heavy atom. The van der Waals surface area contributed by atoms with Gasteiger partial charge in [-0.25, -0.2) is 0 Å². The van der Waals surface area contributed by atoms with Gasteiger partial charge in [-0.05, 0) is 56.3 Å². The molecule has 0 aliphatic heterocycles. The van der Waals surface area contributed by atoms with E-state index in [0.29, 0.717) is 5.82 Å². The number of nitrogens with zero attached hydrogens (tertiary/aromatic N) is 3. The maximum absolute atomic E-state index is 9.29. The maximum Gasteiger partial charge on any atom is 0.158 e. The van der Waals surface area contributed by atoms with Crippen LogP contribution in [0.4, 0.5) is 0 Å². The summed E-state index contributed by atoms with van der Waals surface area (Å²) >= 11 is 0. The van der Waals surface area contributed by atoms with E-state index < -0.39 is 0 Å². The second-order valence-electron chi connectivity index (χ2n) is 6.85. The summed E-state index contributed by atoms with van der Waals surface area (Å²) in [6.07, 6.45) is 8.25. The summed E-state index contributed by atoms with van der Waals surface area (Å²) in [4.78, 5) is 0. The zero-order valence-electron chi connectivity index (χ0n) is 11.0. The average molecular weight is 247 g/mol. The van der Waals surface area contributed by atoms with Crippen molar-refractivity contribution < 1.29 is 5.11 Å². The maximum atomic E-state index is 9.29. The van der Waals surface area contributed by atoms with Crippen molar-refractivity contribution in [3.05, 3.63) is 11.6 Å². The van der Waals surface area contributed by atoms with Crippen LogP contribution in [-0.2, 0) is 19.1 Å². The minimum atomic E-state index is -0.00410. The van der Waals surface area contributed by atoms with Crippen molar-refractivity contribution in [3.63, 3.8) is 0 Å². The molecule has 18 heavy (non-hydrogen) atoms. The van der Waals surface area contributed by atoms with E-state index >= 15 is 0 Å². The van der Waals surface area contributed by atoms with Gasteiger partial charge in [0.15, 0.2) is 5.82 Å². The first kappa shape index (κ1) is 11.0. The Kier molecular flexibility index (Phi) is 2.17. The molecule has 5 rings (SSSR count). The standard InChI is InChI=1S/C14H21N3O/c1-17-12(8-18)15-16-13(17)14-5-9-2-10(6-14)4-11(3-9)7-14/h9-11,18H,2-8H2,1H3. The van der Waals surface area contributed by atoms with E-state index in [-0.39, 0.29) is 12.0 Å². The second kappa shape index (κ2) is 3.56. The molecule has 4 heteroatoms. The lowest BCUT2D eigenvalue weighted by molar-refractivity contribution is -0.0109. The molecule has 4 nitrogen and oxygen atoms in total. The SMILES string of the molecule is Cn1c(CO)nnc1C12CC3CC(CC(C3)C1)C2. The van der Waals surface area contributed by atoms with Crippen molar-refractivity contribution in [2.45, 2.75) is 50.5 Å². The number of rotatable bonds is 2. The summed E-state index contributed by atoms with van der Waals surface area (Å²) < 4.78 is 2.05. The summed E-state index contributed by atoms with van der Waals surface area (Å²) in [7, 11) is 2.01. The summed E-state index contributed by atoms with van der Waals surface area (Å²) in [5.74, 6) is 4.62. The van der Waals surface area contributed by atoms with Crippen LogP contribution in [0.25, 0.3) is 0 Å². The normalized spacial score (nSPS) is 41.6. The molecule has 0 unspecified atom stereocenters. The Balaban J connectivity index is 1.76. The summed E-state index contributed by atoms with van der Waals surface area (Å²) in [5.41, 5.74) is 0.282. The highest BCUT2D eigenvalue weighted by Crippen LogP contribution is 2.60. The summed E-state index contributed by atoms with van der Waals surface area (Å²) in [6, 6.07) is 0. The van der Waals surface area contributed by atoms with E-state index in [0.717, 1.165) is 23.6 Å². The molecule has 4 aliphatic rings. The van der Waals surface area contributed by atoms with Gasteiger partial charge in [-0.15, -0.1) is 10.2 Å². The molecule has 4 bridgehead atoms. The lowest BCUT2D eigenvalue weighted by Gasteiger charge is -2.56. The quantitative estimate of drug-likeness (QED) is 0.866. The van der Waals surface area contributed by atoms with Crippen molar-refractivity contribution in [3.8, 4) is 0 Å². The molecule has 0 atom stereocenters. The summed E-state index contributed by atoms with van der Waals surface area (Å²) in [5, 5.41) is 17.9. The van der Waals surface area contributed by atoms with Gasteiger partial charge in [0.2, 0.25) is 0 Å². The van der Waals surface area contributed by atoms with Gasteiger partial charge in [0, 0.05) is 12.5 Å². The van der Waals surface area contributed by atoms with Gasteiger partial charge < -0.3 is 9.67 Å². The predicted molar refractivity (Wildman–Crippen MR) is 66.8 cm³/mol. The topological polar surface area (TPSA) is 50.9 Å². The van der Waals surface area contributed by atoms with Crippen molar-refractivity contribution in [2.75, 3.05) is 0 Å². The average Bonchev–Trinajstić information content (AvgIpc) is 2.69. The van der Waals surface area contributed by atoms with Gasteiger partial charge in [0.05, 0.1) is 0 Å². The zero-order chi connectivity index (χ0) is 12.3. The Morgan fingerprint density at radius 1 is 1.11 bits per heavy atom. The van der Waals surface area contributed by atoms with E-state index in [4.69, 9.17) is 0 Å². The van der Waals surface area contributed by atoms with Gasteiger partial charge in [-0.2, -0.15) is 0 Å². The van der Waals surface area contributed by atoms with Crippen LogP contribution < -0.4 is 0 Å². The molecule has 1 aromatic heterocycles. The Labute approximate surface area is 107 Å². The largest absolute Gasteiger partial charge is 0.388 e. The molecule has 0 spiro atoms. The fourth-order valence-corrected chi connectivity index (χ4v) is 5.35. The van der Waals surface area contributed by atoms with E-state index in [1.807, 2.05) is 11.6 Å². The number of aromatic nitrogens is 3. The highest BCUT2D eigenvalue weighted by Gasteiger charge is 2.53.